The number of amides is 1. The van der Waals surface area contributed by atoms with Gasteiger partial charge in [-0.2, -0.15) is 0 Å². The molecule has 0 bridgehead atoms. The van der Waals surface area contributed by atoms with E-state index in [0.717, 1.165) is 10.4 Å². The average molecular weight is 436 g/mol. The summed E-state index contributed by atoms with van der Waals surface area (Å²) in [6.07, 6.45) is 2.33. The maximum Gasteiger partial charge on any atom is 0.257 e. The first kappa shape index (κ1) is 20.3. The van der Waals surface area contributed by atoms with Gasteiger partial charge in [0.2, 0.25) is 10.0 Å². The lowest BCUT2D eigenvalue weighted by molar-refractivity contribution is 0.102. The monoisotopic (exact) mass is 435 g/mol. The Morgan fingerprint density at radius 1 is 1.18 bits per heavy atom. The van der Waals surface area contributed by atoms with Crippen molar-refractivity contribution in [3.05, 3.63) is 75.8 Å². The molecule has 1 aromatic heterocycles. The highest BCUT2D eigenvalue weighted by Gasteiger charge is 2.12. The normalized spacial score (nSPS) is 11.2. The van der Waals surface area contributed by atoms with Crippen LogP contribution in [-0.2, 0) is 16.4 Å². The molecule has 6 nitrogen and oxygen atoms in total. The average Bonchev–Trinajstić information content (AvgIpc) is 3.10. The van der Waals surface area contributed by atoms with Crippen LogP contribution in [0.1, 0.15) is 27.7 Å². The third kappa shape index (κ3) is 5.31. The van der Waals surface area contributed by atoms with Crippen LogP contribution in [0.5, 0.6) is 0 Å². The molecular formula is C19H18ClN3O3S2. The van der Waals surface area contributed by atoms with E-state index in [4.69, 9.17) is 11.6 Å². The number of benzene rings is 2. The summed E-state index contributed by atoms with van der Waals surface area (Å²) in [5.74, 6) is -0.410. The summed E-state index contributed by atoms with van der Waals surface area (Å²) >= 11 is 7.55. The number of carbonyl (C=O) groups excluding carboxylic acids is 1. The molecule has 1 amide bonds. The molecule has 28 heavy (non-hydrogen) atoms. The SMILES string of the molecule is CCS(=O)(=O)Nc1cccc(C(=O)Nc2ncc(Cc3ccccc3Cl)s2)c1. The highest BCUT2D eigenvalue weighted by atomic mass is 35.5. The minimum Gasteiger partial charge on any atom is -0.298 e. The van der Waals surface area contributed by atoms with Gasteiger partial charge in [0, 0.05) is 33.8 Å². The molecule has 2 N–H and O–H groups in total. The van der Waals surface area contributed by atoms with Gasteiger partial charge in [0.15, 0.2) is 5.13 Å². The Labute approximate surface area is 172 Å². The van der Waals surface area contributed by atoms with E-state index in [-0.39, 0.29) is 11.7 Å². The quantitative estimate of drug-likeness (QED) is 0.575. The highest BCUT2D eigenvalue weighted by Crippen LogP contribution is 2.25. The Balaban J connectivity index is 1.69. The van der Waals surface area contributed by atoms with Gasteiger partial charge in [-0.3, -0.25) is 14.8 Å². The summed E-state index contributed by atoms with van der Waals surface area (Å²) < 4.78 is 25.8. The standard InChI is InChI=1S/C19H18ClN3O3S2/c1-2-28(25,26)23-15-8-5-7-14(10-15)18(24)22-19-21-12-16(27-19)11-13-6-3-4-9-17(13)20/h3-10,12,23H,2,11H2,1H3,(H,21,22,24). The van der Waals surface area contributed by atoms with Crippen molar-refractivity contribution in [2.45, 2.75) is 13.3 Å². The number of thiazole rings is 1. The van der Waals surface area contributed by atoms with Gasteiger partial charge in [-0.1, -0.05) is 35.9 Å². The first-order chi connectivity index (χ1) is 13.4. The van der Waals surface area contributed by atoms with Crippen LogP contribution in [0.3, 0.4) is 0 Å². The molecule has 0 aliphatic rings. The number of nitrogens with one attached hydrogen (secondary N) is 2. The summed E-state index contributed by atoms with van der Waals surface area (Å²) in [6, 6.07) is 13.9. The van der Waals surface area contributed by atoms with E-state index in [1.807, 2.05) is 24.3 Å². The molecule has 3 rings (SSSR count). The zero-order valence-corrected chi connectivity index (χ0v) is 17.4. The first-order valence-electron chi connectivity index (χ1n) is 8.46. The first-order valence-corrected chi connectivity index (χ1v) is 11.3. The molecule has 0 unspecified atom stereocenters. The number of rotatable bonds is 7. The van der Waals surface area contributed by atoms with E-state index in [9.17, 15) is 13.2 Å². The summed E-state index contributed by atoms with van der Waals surface area (Å²) in [6.45, 7) is 1.54. The maximum absolute atomic E-state index is 12.5. The molecule has 0 spiro atoms. The Morgan fingerprint density at radius 3 is 2.71 bits per heavy atom. The van der Waals surface area contributed by atoms with Crippen LogP contribution >= 0.6 is 22.9 Å². The van der Waals surface area contributed by atoms with Crippen LogP contribution in [0.25, 0.3) is 0 Å². The summed E-state index contributed by atoms with van der Waals surface area (Å²) in [4.78, 5) is 17.7. The third-order valence-corrected chi connectivity index (χ3v) is 6.46. The molecule has 0 aliphatic heterocycles. The molecule has 0 radical (unpaired) electrons. The fraction of sp³-hybridized carbons (Fsp3) is 0.158. The zero-order valence-electron chi connectivity index (χ0n) is 15.0. The molecule has 0 atom stereocenters. The van der Waals surface area contributed by atoms with E-state index in [0.29, 0.717) is 27.8 Å². The third-order valence-electron chi connectivity index (χ3n) is 3.87. The van der Waals surface area contributed by atoms with Crippen LogP contribution in [-0.4, -0.2) is 25.1 Å². The van der Waals surface area contributed by atoms with E-state index in [1.54, 1.807) is 31.3 Å². The molecule has 9 heteroatoms. The van der Waals surface area contributed by atoms with Gasteiger partial charge in [0.1, 0.15) is 0 Å². The number of hydrogen-bond acceptors (Lipinski definition) is 5. The van der Waals surface area contributed by atoms with Gasteiger partial charge in [-0.25, -0.2) is 13.4 Å². The van der Waals surface area contributed by atoms with Gasteiger partial charge in [-0.15, -0.1) is 11.3 Å². The van der Waals surface area contributed by atoms with Crippen molar-refractivity contribution >= 4 is 49.7 Å². The number of nitrogens with zero attached hydrogens (tertiary/aromatic N) is 1. The fourth-order valence-electron chi connectivity index (χ4n) is 2.42. The number of sulfonamides is 1. The largest absolute Gasteiger partial charge is 0.298 e. The maximum atomic E-state index is 12.5. The van der Waals surface area contributed by atoms with E-state index >= 15 is 0 Å². The van der Waals surface area contributed by atoms with Gasteiger partial charge in [0.25, 0.3) is 5.91 Å². The second kappa shape index (κ2) is 8.72. The van der Waals surface area contributed by atoms with E-state index < -0.39 is 10.0 Å². The number of hydrogen-bond donors (Lipinski definition) is 2. The lowest BCUT2D eigenvalue weighted by Gasteiger charge is -2.07. The highest BCUT2D eigenvalue weighted by molar-refractivity contribution is 7.92. The van der Waals surface area contributed by atoms with Crippen LogP contribution < -0.4 is 10.0 Å². The van der Waals surface area contributed by atoms with Crippen molar-refractivity contribution in [2.75, 3.05) is 15.8 Å². The predicted molar refractivity (Wildman–Crippen MR) is 114 cm³/mol. The van der Waals surface area contributed by atoms with Crippen molar-refractivity contribution < 1.29 is 13.2 Å². The molecule has 3 aromatic rings. The molecule has 0 saturated heterocycles. The van der Waals surface area contributed by atoms with Crippen LogP contribution in [0.15, 0.2) is 54.7 Å². The topological polar surface area (TPSA) is 88.2 Å². The summed E-state index contributed by atoms with van der Waals surface area (Å²) in [7, 11) is -3.41. The van der Waals surface area contributed by atoms with Crippen molar-refractivity contribution in [3.8, 4) is 0 Å². The lowest BCUT2D eigenvalue weighted by Crippen LogP contribution is -2.16. The number of carbonyl (C=O) groups is 1. The molecule has 146 valence electrons. The molecule has 0 aliphatic carbocycles. The van der Waals surface area contributed by atoms with Crippen LogP contribution in [0.4, 0.5) is 10.8 Å². The van der Waals surface area contributed by atoms with Gasteiger partial charge in [0.05, 0.1) is 5.75 Å². The van der Waals surface area contributed by atoms with Crippen molar-refractivity contribution in [1.29, 1.82) is 0 Å². The molecule has 0 saturated carbocycles. The zero-order chi connectivity index (χ0) is 20.1. The Morgan fingerprint density at radius 2 is 1.96 bits per heavy atom. The molecule has 1 heterocycles. The number of anilines is 2. The van der Waals surface area contributed by atoms with Gasteiger partial charge in [-0.05, 0) is 36.8 Å². The summed E-state index contributed by atoms with van der Waals surface area (Å²) in [5, 5.41) is 3.89. The summed E-state index contributed by atoms with van der Waals surface area (Å²) in [5.41, 5.74) is 1.66. The minimum absolute atomic E-state index is 0.0449. The fourth-order valence-corrected chi connectivity index (χ4v) is 4.08. The molecule has 0 fully saturated rings. The number of aromatic nitrogens is 1. The van der Waals surface area contributed by atoms with Crippen molar-refractivity contribution in [1.82, 2.24) is 4.98 Å². The van der Waals surface area contributed by atoms with Gasteiger partial charge < -0.3 is 0 Å². The second-order valence-corrected chi connectivity index (χ2v) is 9.47. The Bertz CT molecular complexity index is 1100. The van der Waals surface area contributed by atoms with Crippen LogP contribution in [0, 0.1) is 0 Å². The second-order valence-electron chi connectivity index (χ2n) is 5.94. The van der Waals surface area contributed by atoms with E-state index in [2.05, 4.69) is 15.0 Å². The molecule has 2 aromatic carbocycles. The van der Waals surface area contributed by atoms with Crippen LogP contribution in [0.2, 0.25) is 5.02 Å². The number of halogens is 1. The minimum atomic E-state index is -3.41. The Hall–Kier alpha value is -2.42. The molecular weight excluding hydrogens is 418 g/mol. The smallest absolute Gasteiger partial charge is 0.257 e. The lowest BCUT2D eigenvalue weighted by atomic mass is 10.1. The van der Waals surface area contributed by atoms with Crippen molar-refractivity contribution in [3.63, 3.8) is 0 Å². The van der Waals surface area contributed by atoms with Crippen molar-refractivity contribution in [2.24, 2.45) is 0 Å². The van der Waals surface area contributed by atoms with Gasteiger partial charge >= 0.3 is 0 Å². The predicted octanol–water partition coefficient (Wildman–Crippen LogP) is 4.40. The van der Waals surface area contributed by atoms with E-state index in [1.165, 1.54) is 17.4 Å². The Kier molecular flexibility index (Phi) is 6.33.